The Balaban J connectivity index is 0.00000312. The average molecular weight is 462 g/mol. The quantitative estimate of drug-likeness (QED) is 0.416. The zero-order chi connectivity index (χ0) is 17.5. The number of hydrogen-bond donors (Lipinski definition) is 1. The summed E-state index contributed by atoms with van der Waals surface area (Å²) in [6, 6.07) is 6.86. The molecule has 0 bridgehead atoms. The van der Waals surface area contributed by atoms with Crippen LogP contribution in [-0.2, 0) is 11.3 Å². The Morgan fingerprint density at radius 3 is 2.36 bits per heavy atom. The van der Waals surface area contributed by atoms with Crippen molar-refractivity contribution in [1.29, 1.82) is 0 Å². The highest BCUT2D eigenvalue weighted by molar-refractivity contribution is 14.0. The van der Waals surface area contributed by atoms with Crippen LogP contribution in [0.2, 0.25) is 0 Å². The molecule has 1 N–H and O–H groups in total. The molecular formula is C18H28FIN4O. The number of amides is 1. The van der Waals surface area contributed by atoms with E-state index >= 15 is 0 Å². The fraction of sp³-hybridized carbons (Fsp3) is 0.556. The van der Waals surface area contributed by atoms with E-state index in [-0.39, 0.29) is 42.2 Å². The number of carbonyl (C=O) groups is 1. The average Bonchev–Trinajstić information content (AvgIpc) is 3.06. The fourth-order valence-electron chi connectivity index (χ4n) is 2.75. The molecule has 0 saturated heterocycles. The first-order valence-electron chi connectivity index (χ1n) is 8.42. The van der Waals surface area contributed by atoms with E-state index in [0.29, 0.717) is 12.6 Å². The van der Waals surface area contributed by atoms with Crippen LogP contribution in [0.1, 0.15) is 31.2 Å². The van der Waals surface area contributed by atoms with Crippen molar-refractivity contribution in [2.24, 2.45) is 4.99 Å². The van der Waals surface area contributed by atoms with Crippen LogP contribution in [0.3, 0.4) is 0 Å². The fourth-order valence-corrected chi connectivity index (χ4v) is 2.75. The highest BCUT2D eigenvalue weighted by Crippen LogP contribution is 2.18. The van der Waals surface area contributed by atoms with Crippen molar-refractivity contribution < 1.29 is 9.18 Å². The van der Waals surface area contributed by atoms with E-state index < -0.39 is 0 Å². The van der Waals surface area contributed by atoms with Gasteiger partial charge in [-0.05, 0) is 30.5 Å². The summed E-state index contributed by atoms with van der Waals surface area (Å²) in [5, 5.41) is 3.47. The molecule has 1 aromatic carbocycles. The summed E-state index contributed by atoms with van der Waals surface area (Å²) in [5.41, 5.74) is 0.999. The minimum Gasteiger partial charge on any atom is -0.353 e. The van der Waals surface area contributed by atoms with Crippen molar-refractivity contribution in [3.63, 3.8) is 0 Å². The first-order valence-corrected chi connectivity index (χ1v) is 8.42. The summed E-state index contributed by atoms with van der Waals surface area (Å²) in [5.74, 6) is 0.452. The topological polar surface area (TPSA) is 47.9 Å². The van der Waals surface area contributed by atoms with Gasteiger partial charge in [-0.25, -0.2) is 9.38 Å². The van der Waals surface area contributed by atoms with Gasteiger partial charge in [0.15, 0.2) is 5.96 Å². The second-order valence-electron chi connectivity index (χ2n) is 6.54. The molecule has 1 aliphatic rings. The third kappa shape index (κ3) is 7.17. The van der Waals surface area contributed by atoms with Crippen LogP contribution in [0.5, 0.6) is 0 Å². The summed E-state index contributed by atoms with van der Waals surface area (Å²) in [6.07, 6.45) is 4.71. The van der Waals surface area contributed by atoms with Gasteiger partial charge in [0.25, 0.3) is 0 Å². The maximum atomic E-state index is 13.0. The normalized spacial score (nSPS) is 14.8. The maximum absolute atomic E-state index is 13.0. The lowest BCUT2D eigenvalue weighted by molar-refractivity contribution is -0.127. The van der Waals surface area contributed by atoms with Gasteiger partial charge in [-0.3, -0.25) is 4.79 Å². The number of hydrogen-bond acceptors (Lipinski definition) is 2. The van der Waals surface area contributed by atoms with E-state index in [2.05, 4.69) is 10.3 Å². The Bertz CT molecular complexity index is 571. The SMILES string of the molecule is CN(C)C(=O)CN=C(NC1CCCC1)N(C)Cc1ccc(F)cc1.I. The lowest BCUT2D eigenvalue weighted by Gasteiger charge is -2.25. The molecule has 0 heterocycles. The minimum absolute atomic E-state index is 0. The second-order valence-corrected chi connectivity index (χ2v) is 6.54. The molecule has 2 rings (SSSR count). The number of benzene rings is 1. The van der Waals surface area contributed by atoms with Gasteiger partial charge in [0.05, 0.1) is 0 Å². The van der Waals surface area contributed by atoms with E-state index in [9.17, 15) is 9.18 Å². The third-order valence-corrected chi connectivity index (χ3v) is 4.25. The summed E-state index contributed by atoms with van der Waals surface area (Å²) in [7, 11) is 5.39. The molecule has 1 saturated carbocycles. The van der Waals surface area contributed by atoms with E-state index in [1.165, 1.54) is 29.9 Å². The molecule has 0 radical (unpaired) electrons. The van der Waals surface area contributed by atoms with Crippen LogP contribution in [0.15, 0.2) is 29.3 Å². The van der Waals surface area contributed by atoms with Crippen molar-refractivity contribution in [2.45, 2.75) is 38.3 Å². The molecule has 0 aromatic heterocycles. The van der Waals surface area contributed by atoms with Gasteiger partial charge in [-0.2, -0.15) is 0 Å². The number of nitrogens with zero attached hydrogens (tertiary/aromatic N) is 3. The first kappa shape index (κ1) is 21.7. The zero-order valence-electron chi connectivity index (χ0n) is 15.2. The van der Waals surface area contributed by atoms with E-state index in [4.69, 9.17) is 0 Å². The first-order chi connectivity index (χ1) is 11.5. The summed E-state index contributed by atoms with van der Waals surface area (Å²) < 4.78 is 13.0. The van der Waals surface area contributed by atoms with Gasteiger partial charge in [0, 0.05) is 33.7 Å². The van der Waals surface area contributed by atoms with Crippen molar-refractivity contribution in [3.05, 3.63) is 35.6 Å². The summed E-state index contributed by atoms with van der Waals surface area (Å²) >= 11 is 0. The van der Waals surface area contributed by atoms with Gasteiger partial charge in [-0.1, -0.05) is 25.0 Å². The molecule has 7 heteroatoms. The number of rotatable bonds is 5. The standard InChI is InChI=1S/C18H27FN4O.HI/c1-22(2)17(24)12-20-18(21-16-6-4-5-7-16)23(3)13-14-8-10-15(19)11-9-14;/h8-11,16H,4-7,12-13H2,1-3H3,(H,20,21);1H. The zero-order valence-corrected chi connectivity index (χ0v) is 17.5. The molecule has 5 nitrogen and oxygen atoms in total. The predicted octanol–water partition coefficient (Wildman–Crippen LogP) is 2.85. The molecule has 140 valence electrons. The molecule has 0 atom stereocenters. The number of nitrogens with one attached hydrogen (secondary N) is 1. The summed E-state index contributed by atoms with van der Waals surface area (Å²) in [4.78, 5) is 19.8. The van der Waals surface area contributed by atoms with Crippen molar-refractivity contribution in [3.8, 4) is 0 Å². The van der Waals surface area contributed by atoms with Crippen LogP contribution in [0.25, 0.3) is 0 Å². The van der Waals surface area contributed by atoms with Gasteiger partial charge < -0.3 is 15.1 Å². The highest BCUT2D eigenvalue weighted by atomic mass is 127. The number of halogens is 2. The van der Waals surface area contributed by atoms with Crippen LogP contribution < -0.4 is 5.32 Å². The Kier molecular flexibility index (Phi) is 9.16. The van der Waals surface area contributed by atoms with E-state index in [1.54, 1.807) is 26.2 Å². The predicted molar refractivity (Wildman–Crippen MR) is 110 cm³/mol. The summed E-state index contributed by atoms with van der Waals surface area (Å²) in [6.45, 7) is 0.727. The molecular weight excluding hydrogens is 434 g/mol. The maximum Gasteiger partial charge on any atom is 0.243 e. The highest BCUT2D eigenvalue weighted by Gasteiger charge is 2.18. The number of carbonyl (C=O) groups excluding carboxylic acids is 1. The van der Waals surface area contributed by atoms with Crippen LogP contribution in [-0.4, -0.2) is 55.4 Å². The lowest BCUT2D eigenvalue weighted by atomic mass is 10.2. The number of guanidine groups is 1. The number of aliphatic imine (C=N–C) groups is 1. The van der Waals surface area contributed by atoms with Crippen molar-refractivity contribution in [1.82, 2.24) is 15.1 Å². The van der Waals surface area contributed by atoms with Crippen molar-refractivity contribution in [2.75, 3.05) is 27.7 Å². The van der Waals surface area contributed by atoms with Crippen LogP contribution in [0, 0.1) is 5.82 Å². The largest absolute Gasteiger partial charge is 0.353 e. The van der Waals surface area contributed by atoms with Crippen LogP contribution >= 0.6 is 24.0 Å². The van der Waals surface area contributed by atoms with Crippen molar-refractivity contribution >= 4 is 35.8 Å². The molecule has 0 spiro atoms. The van der Waals surface area contributed by atoms with Gasteiger partial charge in [0.2, 0.25) is 5.91 Å². The molecule has 1 fully saturated rings. The molecule has 0 aliphatic heterocycles. The smallest absolute Gasteiger partial charge is 0.243 e. The Morgan fingerprint density at radius 2 is 1.80 bits per heavy atom. The van der Waals surface area contributed by atoms with Gasteiger partial charge in [0.1, 0.15) is 12.4 Å². The molecule has 0 unspecified atom stereocenters. The van der Waals surface area contributed by atoms with Crippen LogP contribution in [0.4, 0.5) is 4.39 Å². The second kappa shape index (κ2) is 10.6. The minimum atomic E-state index is -0.240. The molecule has 1 aliphatic carbocycles. The third-order valence-electron chi connectivity index (χ3n) is 4.25. The molecule has 1 aromatic rings. The van der Waals surface area contributed by atoms with Gasteiger partial charge >= 0.3 is 0 Å². The number of likely N-dealkylation sites (N-methyl/N-ethyl adjacent to an activating group) is 1. The Hall–Kier alpha value is -1.38. The molecule has 1 amide bonds. The van der Waals surface area contributed by atoms with E-state index in [0.717, 1.165) is 24.4 Å². The monoisotopic (exact) mass is 462 g/mol. The van der Waals surface area contributed by atoms with Gasteiger partial charge in [-0.15, -0.1) is 24.0 Å². The Labute approximate surface area is 166 Å². The molecule has 25 heavy (non-hydrogen) atoms. The van der Waals surface area contributed by atoms with E-state index in [1.807, 2.05) is 11.9 Å². The lowest BCUT2D eigenvalue weighted by Crippen LogP contribution is -2.43. The Morgan fingerprint density at radius 1 is 1.20 bits per heavy atom.